The summed E-state index contributed by atoms with van der Waals surface area (Å²) in [7, 11) is 0. The van der Waals surface area contributed by atoms with Crippen molar-refractivity contribution in [1.29, 1.82) is 0 Å². The van der Waals surface area contributed by atoms with Crippen molar-refractivity contribution in [3.05, 3.63) is 64.5 Å². The Morgan fingerprint density at radius 3 is 2.41 bits per heavy atom. The third kappa shape index (κ3) is 4.17. The molecule has 7 nitrogen and oxygen atoms in total. The smallest absolute Gasteiger partial charge is 0.261 e. The second-order valence-corrected chi connectivity index (χ2v) is 6.02. The Hall–Kier alpha value is -3.55. The summed E-state index contributed by atoms with van der Waals surface area (Å²) >= 11 is 0. The second kappa shape index (κ2) is 7.36. The molecule has 0 radical (unpaired) electrons. The highest BCUT2D eigenvalue weighted by atomic mass is 19.1. The van der Waals surface area contributed by atoms with Gasteiger partial charge in [-0.2, -0.15) is 0 Å². The Kier molecular flexibility index (Phi) is 4.98. The SMILES string of the molecule is CC(=O)Nc1ccc2nc(C)n(CC(=O)Nc3ccc(F)cc3)c(=O)c2c1. The van der Waals surface area contributed by atoms with Gasteiger partial charge in [-0.3, -0.25) is 19.0 Å². The number of carbonyl (C=O) groups is 2. The fourth-order valence-corrected chi connectivity index (χ4v) is 2.68. The number of aromatic nitrogens is 2. The third-order valence-electron chi connectivity index (χ3n) is 3.90. The number of amides is 2. The van der Waals surface area contributed by atoms with Crippen LogP contribution in [0.2, 0.25) is 0 Å². The lowest BCUT2D eigenvalue weighted by Gasteiger charge is -2.12. The van der Waals surface area contributed by atoms with E-state index in [2.05, 4.69) is 15.6 Å². The summed E-state index contributed by atoms with van der Waals surface area (Å²) in [4.78, 5) is 40.6. The maximum Gasteiger partial charge on any atom is 0.261 e. The molecular formula is C19H17FN4O3. The van der Waals surface area contributed by atoms with Crippen LogP contribution in [-0.2, 0) is 16.1 Å². The second-order valence-electron chi connectivity index (χ2n) is 6.02. The van der Waals surface area contributed by atoms with Crippen LogP contribution in [0.3, 0.4) is 0 Å². The number of hydrogen-bond donors (Lipinski definition) is 2. The average molecular weight is 368 g/mol. The molecule has 2 aromatic carbocycles. The lowest BCUT2D eigenvalue weighted by molar-refractivity contribution is -0.117. The third-order valence-corrected chi connectivity index (χ3v) is 3.90. The molecule has 0 saturated carbocycles. The molecule has 1 heterocycles. The summed E-state index contributed by atoms with van der Waals surface area (Å²) in [6.45, 7) is 2.76. The molecule has 0 aliphatic rings. The van der Waals surface area contributed by atoms with Crippen LogP contribution in [0, 0.1) is 12.7 Å². The summed E-state index contributed by atoms with van der Waals surface area (Å²) in [5, 5.41) is 5.51. The fourth-order valence-electron chi connectivity index (χ4n) is 2.68. The van der Waals surface area contributed by atoms with Crippen molar-refractivity contribution >= 4 is 34.1 Å². The van der Waals surface area contributed by atoms with Gasteiger partial charge in [-0.1, -0.05) is 0 Å². The standard InChI is InChI=1S/C19H17FN4O3/c1-11-21-17-8-7-15(22-12(2)25)9-16(17)19(27)24(11)10-18(26)23-14-5-3-13(20)4-6-14/h3-9H,10H2,1-2H3,(H,22,25)(H,23,26). The Balaban J connectivity index is 1.90. The molecule has 2 N–H and O–H groups in total. The van der Waals surface area contributed by atoms with E-state index in [1.165, 1.54) is 41.8 Å². The average Bonchev–Trinajstić information content (AvgIpc) is 2.61. The summed E-state index contributed by atoms with van der Waals surface area (Å²) in [5.74, 6) is -0.720. The Morgan fingerprint density at radius 1 is 1.07 bits per heavy atom. The Bertz CT molecular complexity index is 1090. The van der Waals surface area contributed by atoms with Crippen molar-refractivity contribution in [1.82, 2.24) is 9.55 Å². The van der Waals surface area contributed by atoms with Gasteiger partial charge in [0.25, 0.3) is 5.56 Å². The highest BCUT2D eigenvalue weighted by Crippen LogP contribution is 2.15. The van der Waals surface area contributed by atoms with Crippen LogP contribution in [0.15, 0.2) is 47.3 Å². The molecule has 0 unspecified atom stereocenters. The summed E-state index contributed by atoms with van der Waals surface area (Å²) in [5.41, 5.74) is 0.981. The van der Waals surface area contributed by atoms with E-state index in [4.69, 9.17) is 0 Å². The van der Waals surface area contributed by atoms with Gasteiger partial charge in [0.2, 0.25) is 11.8 Å². The molecule has 2 amide bonds. The molecule has 0 aliphatic carbocycles. The van der Waals surface area contributed by atoms with Gasteiger partial charge in [0.1, 0.15) is 18.2 Å². The lowest BCUT2D eigenvalue weighted by Crippen LogP contribution is -2.30. The molecule has 0 bridgehead atoms. The van der Waals surface area contributed by atoms with Crippen LogP contribution in [0.5, 0.6) is 0 Å². The number of anilines is 2. The van der Waals surface area contributed by atoms with Gasteiger partial charge in [0.15, 0.2) is 0 Å². The minimum absolute atomic E-state index is 0.241. The fraction of sp³-hybridized carbons (Fsp3) is 0.158. The number of aryl methyl sites for hydroxylation is 1. The van der Waals surface area contributed by atoms with Crippen molar-refractivity contribution in [3.63, 3.8) is 0 Å². The molecule has 138 valence electrons. The summed E-state index contributed by atoms with van der Waals surface area (Å²) in [6.07, 6.45) is 0. The van der Waals surface area contributed by atoms with E-state index in [1.807, 2.05) is 0 Å². The molecule has 0 aliphatic heterocycles. The molecule has 3 aromatic rings. The predicted octanol–water partition coefficient (Wildman–Crippen LogP) is 2.44. The normalized spacial score (nSPS) is 10.6. The Morgan fingerprint density at radius 2 is 1.74 bits per heavy atom. The quantitative estimate of drug-likeness (QED) is 0.740. The first kappa shape index (κ1) is 18.2. The first-order valence-electron chi connectivity index (χ1n) is 8.17. The van der Waals surface area contributed by atoms with Gasteiger partial charge in [0, 0.05) is 18.3 Å². The van der Waals surface area contributed by atoms with Gasteiger partial charge >= 0.3 is 0 Å². The maximum atomic E-state index is 12.9. The van der Waals surface area contributed by atoms with Crippen LogP contribution in [-0.4, -0.2) is 21.4 Å². The van der Waals surface area contributed by atoms with E-state index in [-0.39, 0.29) is 18.0 Å². The molecular weight excluding hydrogens is 351 g/mol. The van der Waals surface area contributed by atoms with E-state index in [9.17, 15) is 18.8 Å². The highest BCUT2D eigenvalue weighted by molar-refractivity contribution is 5.92. The number of carbonyl (C=O) groups excluding carboxylic acids is 2. The number of hydrogen-bond acceptors (Lipinski definition) is 4. The van der Waals surface area contributed by atoms with Crippen molar-refractivity contribution < 1.29 is 14.0 Å². The molecule has 0 atom stereocenters. The zero-order valence-electron chi connectivity index (χ0n) is 14.7. The monoisotopic (exact) mass is 368 g/mol. The van der Waals surface area contributed by atoms with Crippen molar-refractivity contribution in [3.8, 4) is 0 Å². The largest absolute Gasteiger partial charge is 0.326 e. The minimum atomic E-state index is -0.439. The molecule has 1 aromatic heterocycles. The van der Waals surface area contributed by atoms with Crippen molar-refractivity contribution in [2.75, 3.05) is 10.6 Å². The summed E-state index contributed by atoms with van der Waals surface area (Å²) in [6, 6.07) is 10.1. The van der Waals surface area contributed by atoms with Gasteiger partial charge in [0.05, 0.1) is 10.9 Å². The van der Waals surface area contributed by atoms with E-state index in [0.717, 1.165) is 0 Å². The van der Waals surface area contributed by atoms with E-state index in [0.29, 0.717) is 28.1 Å². The van der Waals surface area contributed by atoms with Crippen LogP contribution in [0.25, 0.3) is 10.9 Å². The zero-order valence-corrected chi connectivity index (χ0v) is 14.7. The van der Waals surface area contributed by atoms with E-state index in [1.54, 1.807) is 19.1 Å². The molecule has 3 rings (SSSR count). The van der Waals surface area contributed by atoms with Crippen LogP contribution < -0.4 is 16.2 Å². The number of nitrogens with one attached hydrogen (secondary N) is 2. The van der Waals surface area contributed by atoms with E-state index >= 15 is 0 Å². The van der Waals surface area contributed by atoms with Gasteiger partial charge < -0.3 is 10.6 Å². The number of rotatable bonds is 4. The minimum Gasteiger partial charge on any atom is -0.326 e. The zero-order chi connectivity index (χ0) is 19.6. The number of fused-ring (bicyclic) bond motifs is 1. The number of halogens is 1. The van der Waals surface area contributed by atoms with Crippen LogP contribution >= 0.6 is 0 Å². The predicted molar refractivity (Wildman–Crippen MR) is 100 cm³/mol. The Labute approximate surface area is 153 Å². The molecule has 8 heteroatoms. The number of benzene rings is 2. The van der Waals surface area contributed by atoms with Gasteiger partial charge in [-0.15, -0.1) is 0 Å². The maximum absolute atomic E-state index is 12.9. The highest BCUT2D eigenvalue weighted by Gasteiger charge is 2.13. The molecule has 0 saturated heterocycles. The van der Waals surface area contributed by atoms with Gasteiger partial charge in [-0.25, -0.2) is 9.37 Å². The first-order chi connectivity index (χ1) is 12.8. The molecule has 0 spiro atoms. The van der Waals surface area contributed by atoms with Gasteiger partial charge in [-0.05, 0) is 49.4 Å². The first-order valence-corrected chi connectivity index (χ1v) is 8.17. The van der Waals surface area contributed by atoms with Crippen molar-refractivity contribution in [2.24, 2.45) is 0 Å². The lowest BCUT2D eigenvalue weighted by atomic mass is 10.2. The molecule has 0 fully saturated rings. The van der Waals surface area contributed by atoms with Crippen LogP contribution in [0.4, 0.5) is 15.8 Å². The van der Waals surface area contributed by atoms with E-state index < -0.39 is 11.7 Å². The molecule has 27 heavy (non-hydrogen) atoms. The van der Waals surface area contributed by atoms with Crippen molar-refractivity contribution in [2.45, 2.75) is 20.4 Å². The van der Waals surface area contributed by atoms with Crippen LogP contribution in [0.1, 0.15) is 12.7 Å². The number of nitrogens with zero attached hydrogens (tertiary/aromatic N) is 2. The summed E-state index contributed by atoms with van der Waals surface area (Å²) < 4.78 is 14.2. The topological polar surface area (TPSA) is 93.1 Å².